The molecule has 0 aromatic carbocycles. The Morgan fingerprint density at radius 3 is 3.06 bits per heavy atom. The fraction of sp³-hybridized carbons (Fsp3) is 0.400. The predicted molar refractivity (Wildman–Crippen MR) is 63.4 cm³/mol. The van der Waals surface area contributed by atoms with Crippen molar-refractivity contribution in [3.63, 3.8) is 0 Å². The fourth-order valence-electron chi connectivity index (χ4n) is 1.64. The molecule has 1 aliphatic heterocycles. The molecule has 0 spiro atoms. The molecular formula is C10H12N4OS. The summed E-state index contributed by atoms with van der Waals surface area (Å²) in [4.78, 5) is 8.57. The Labute approximate surface area is 97.0 Å². The number of hydrogen-bond acceptors (Lipinski definition) is 6. The highest BCUT2D eigenvalue weighted by Gasteiger charge is 2.12. The number of aromatic nitrogens is 2. The summed E-state index contributed by atoms with van der Waals surface area (Å²) in [6.45, 7) is 3.35. The van der Waals surface area contributed by atoms with Crippen LogP contribution in [0.1, 0.15) is 0 Å². The van der Waals surface area contributed by atoms with Crippen molar-refractivity contribution in [1.82, 2.24) is 15.0 Å². The topological polar surface area (TPSA) is 50.3 Å². The van der Waals surface area contributed by atoms with Crippen molar-refractivity contribution >= 4 is 26.7 Å². The molecule has 2 aromatic rings. The maximum atomic E-state index is 5.29. The summed E-state index contributed by atoms with van der Waals surface area (Å²) in [7, 11) is 0. The van der Waals surface area contributed by atoms with E-state index in [4.69, 9.17) is 4.74 Å². The lowest BCUT2D eigenvalue weighted by atomic mass is 10.4. The van der Waals surface area contributed by atoms with E-state index >= 15 is 0 Å². The van der Waals surface area contributed by atoms with Gasteiger partial charge >= 0.3 is 0 Å². The van der Waals surface area contributed by atoms with Crippen LogP contribution in [-0.2, 0) is 4.74 Å². The highest BCUT2D eigenvalue weighted by Crippen LogP contribution is 2.24. The number of hydrogen-bond donors (Lipinski definition) is 1. The Bertz CT molecular complexity index is 447. The fourth-order valence-corrected chi connectivity index (χ4v) is 2.50. The number of hydrazine groups is 1. The molecule has 0 amide bonds. The molecule has 1 saturated heterocycles. The summed E-state index contributed by atoms with van der Waals surface area (Å²) >= 11 is 1.62. The first kappa shape index (κ1) is 9.95. The number of pyridine rings is 1. The van der Waals surface area contributed by atoms with Crippen LogP contribution in [0.2, 0.25) is 0 Å². The Hall–Kier alpha value is -1.24. The van der Waals surface area contributed by atoms with Gasteiger partial charge in [-0.3, -0.25) is 10.4 Å². The van der Waals surface area contributed by atoms with Crippen LogP contribution in [0.4, 0.5) is 5.13 Å². The lowest BCUT2D eigenvalue weighted by Gasteiger charge is -2.26. The zero-order valence-corrected chi connectivity index (χ0v) is 9.54. The number of ether oxygens (including phenoxy) is 1. The molecule has 3 rings (SSSR count). The molecule has 5 nitrogen and oxygen atoms in total. The third kappa shape index (κ3) is 1.99. The summed E-state index contributed by atoms with van der Waals surface area (Å²) in [5.74, 6) is 0. The van der Waals surface area contributed by atoms with Gasteiger partial charge in [0.15, 0.2) is 5.13 Å². The molecule has 0 atom stereocenters. The first-order valence-corrected chi connectivity index (χ1v) is 6.03. The van der Waals surface area contributed by atoms with Gasteiger partial charge in [-0.15, -0.1) is 0 Å². The van der Waals surface area contributed by atoms with Crippen molar-refractivity contribution in [2.45, 2.75) is 0 Å². The number of nitrogens with zero attached hydrogens (tertiary/aromatic N) is 3. The number of anilines is 1. The summed E-state index contributed by atoms with van der Waals surface area (Å²) in [6.07, 6.45) is 3.61. The van der Waals surface area contributed by atoms with E-state index in [0.717, 1.165) is 41.7 Å². The van der Waals surface area contributed by atoms with E-state index in [1.54, 1.807) is 17.5 Å². The number of nitrogens with one attached hydrogen (secondary N) is 1. The molecule has 1 N–H and O–H groups in total. The highest BCUT2D eigenvalue weighted by atomic mass is 32.1. The summed E-state index contributed by atoms with van der Waals surface area (Å²) in [5.41, 5.74) is 4.30. The average molecular weight is 236 g/mol. The molecule has 0 unspecified atom stereocenters. The van der Waals surface area contributed by atoms with Crippen LogP contribution in [0.15, 0.2) is 18.5 Å². The van der Waals surface area contributed by atoms with Gasteiger partial charge in [0.25, 0.3) is 0 Å². The standard InChI is InChI=1S/C10H12N4OS/c1-2-11-7-9-8(1)12-10(16-9)13-14-3-5-15-6-4-14/h1-2,7H,3-6H2,(H,12,13). The van der Waals surface area contributed by atoms with Gasteiger partial charge in [-0.25, -0.2) is 9.99 Å². The quantitative estimate of drug-likeness (QED) is 0.853. The van der Waals surface area contributed by atoms with E-state index in [0.29, 0.717) is 0 Å². The largest absolute Gasteiger partial charge is 0.379 e. The predicted octanol–water partition coefficient (Wildman–Crippen LogP) is 1.35. The monoisotopic (exact) mass is 236 g/mol. The van der Waals surface area contributed by atoms with Crippen molar-refractivity contribution in [3.8, 4) is 0 Å². The van der Waals surface area contributed by atoms with Gasteiger partial charge in [0, 0.05) is 25.5 Å². The first-order valence-electron chi connectivity index (χ1n) is 5.22. The van der Waals surface area contributed by atoms with Crippen LogP contribution in [0.25, 0.3) is 10.2 Å². The Kier molecular flexibility index (Phi) is 2.69. The van der Waals surface area contributed by atoms with Crippen molar-refractivity contribution in [1.29, 1.82) is 0 Å². The van der Waals surface area contributed by atoms with Crippen molar-refractivity contribution in [2.24, 2.45) is 0 Å². The van der Waals surface area contributed by atoms with Crippen LogP contribution in [-0.4, -0.2) is 41.3 Å². The van der Waals surface area contributed by atoms with E-state index in [-0.39, 0.29) is 0 Å². The van der Waals surface area contributed by atoms with Crippen molar-refractivity contribution in [3.05, 3.63) is 18.5 Å². The molecular weight excluding hydrogens is 224 g/mol. The number of rotatable bonds is 2. The third-order valence-electron chi connectivity index (χ3n) is 2.46. The molecule has 1 fully saturated rings. The zero-order valence-electron chi connectivity index (χ0n) is 8.72. The molecule has 0 radical (unpaired) electrons. The molecule has 84 valence electrons. The Morgan fingerprint density at radius 2 is 2.25 bits per heavy atom. The lowest BCUT2D eigenvalue weighted by molar-refractivity contribution is 0.0497. The second kappa shape index (κ2) is 4.32. The van der Waals surface area contributed by atoms with E-state index in [2.05, 4.69) is 20.4 Å². The van der Waals surface area contributed by atoms with Gasteiger partial charge in [-0.1, -0.05) is 11.3 Å². The summed E-state index contributed by atoms with van der Waals surface area (Å²) in [6, 6.07) is 1.93. The molecule has 0 saturated carbocycles. The number of thiazole rings is 1. The summed E-state index contributed by atoms with van der Waals surface area (Å²) < 4.78 is 6.40. The van der Waals surface area contributed by atoms with Gasteiger partial charge < -0.3 is 4.74 Å². The Morgan fingerprint density at radius 1 is 1.38 bits per heavy atom. The van der Waals surface area contributed by atoms with Gasteiger partial charge in [-0.2, -0.15) is 0 Å². The van der Waals surface area contributed by atoms with Gasteiger partial charge in [-0.05, 0) is 6.07 Å². The normalized spacial score (nSPS) is 17.8. The minimum absolute atomic E-state index is 0.777. The molecule has 1 aliphatic rings. The number of fused-ring (bicyclic) bond motifs is 1. The Balaban J connectivity index is 1.78. The SMILES string of the molecule is c1cc2nc(NN3CCOCC3)sc2cn1. The second-order valence-corrected chi connectivity index (χ2v) is 4.60. The van der Waals surface area contributed by atoms with Gasteiger partial charge in [0.1, 0.15) is 0 Å². The zero-order chi connectivity index (χ0) is 10.8. The molecule has 16 heavy (non-hydrogen) atoms. The summed E-state index contributed by atoms with van der Waals surface area (Å²) in [5, 5.41) is 3.05. The molecule has 0 bridgehead atoms. The molecule has 0 aliphatic carbocycles. The lowest BCUT2D eigenvalue weighted by Crippen LogP contribution is -2.40. The van der Waals surface area contributed by atoms with Crippen LogP contribution >= 0.6 is 11.3 Å². The van der Waals surface area contributed by atoms with E-state index in [1.807, 2.05) is 12.3 Å². The van der Waals surface area contributed by atoms with E-state index in [9.17, 15) is 0 Å². The number of morpholine rings is 1. The maximum Gasteiger partial charge on any atom is 0.198 e. The van der Waals surface area contributed by atoms with Crippen LogP contribution < -0.4 is 5.43 Å². The van der Waals surface area contributed by atoms with Crippen LogP contribution in [0.3, 0.4) is 0 Å². The molecule has 3 heterocycles. The average Bonchev–Trinajstić information content (AvgIpc) is 2.72. The minimum atomic E-state index is 0.777. The minimum Gasteiger partial charge on any atom is -0.379 e. The van der Waals surface area contributed by atoms with Crippen molar-refractivity contribution < 1.29 is 4.74 Å². The maximum absolute atomic E-state index is 5.29. The smallest absolute Gasteiger partial charge is 0.198 e. The first-order chi connectivity index (χ1) is 7.92. The van der Waals surface area contributed by atoms with E-state index < -0.39 is 0 Å². The molecule has 2 aromatic heterocycles. The van der Waals surface area contributed by atoms with Gasteiger partial charge in [0.05, 0.1) is 23.4 Å². The van der Waals surface area contributed by atoms with Crippen molar-refractivity contribution in [2.75, 3.05) is 31.7 Å². The van der Waals surface area contributed by atoms with Gasteiger partial charge in [0.2, 0.25) is 0 Å². The van der Waals surface area contributed by atoms with Crippen LogP contribution in [0.5, 0.6) is 0 Å². The second-order valence-electron chi connectivity index (χ2n) is 3.57. The third-order valence-corrected chi connectivity index (χ3v) is 3.37. The highest BCUT2D eigenvalue weighted by molar-refractivity contribution is 7.22. The molecule has 6 heteroatoms. The van der Waals surface area contributed by atoms with Crippen LogP contribution in [0, 0.1) is 0 Å². The van der Waals surface area contributed by atoms with E-state index in [1.165, 1.54) is 0 Å².